The molecule has 3 rings (SSSR count). The van der Waals surface area contributed by atoms with Crippen LogP contribution in [-0.2, 0) is 0 Å². The van der Waals surface area contributed by atoms with E-state index in [1.165, 1.54) is 19.2 Å². The van der Waals surface area contributed by atoms with E-state index in [2.05, 4.69) is 15.0 Å². The van der Waals surface area contributed by atoms with E-state index >= 15 is 0 Å². The van der Waals surface area contributed by atoms with Crippen LogP contribution in [0.1, 0.15) is 38.2 Å². The van der Waals surface area contributed by atoms with Crippen LogP contribution >= 0.6 is 0 Å². The molecule has 30 heavy (non-hydrogen) atoms. The third-order valence-corrected chi connectivity index (χ3v) is 4.98. The molecule has 0 radical (unpaired) electrons. The normalized spacial score (nSPS) is 18.1. The summed E-state index contributed by atoms with van der Waals surface area (Å²) in [5.41, 5.74) is 1.67. The third kappa shape index (κ3) is 4.79. The molecule has 0 bridgehead atoms. The van der Waals surface area contributed by atoms with Gasteiger partial charge in [0.05, 0.1) is 13.2 Å². The van der Waals surface area contributed by atoms with Gasteiger partial charge in [0.25, 0.3) is 0 Å². The van der Waals surface area contributed by atoms with Crippen molar-refractivity contribution in [3.8, 4) is 11.8 Å². The van der Waals surface area contributed by atoms with Gasteiger partial charge in [-0.3, -0.25) is 4.90 Å². The summed E-state index contributed by atoms with van der Waals surface area (Å²) >= 11 is 0. The lowest BCUT2D eigenvalue weighted by Gasteiger charge is -2.41. The molecule has 1 aliphatic rings. The van der Waals surface area contributed by atoms with Crippen molar-refractivity contribution in [3.63, 3.8) is 0 Å². The molecule has 0 atom stereocenters. The lowest BCUT2D eigenvalue weighted by molar-refractivity contribution is -0.0525. The molecule has 0 unspecified atom stereocenters. The number of halogens is 2. The fraction of sp³-hybridized carbons (Fsp3) is 0.429. The number of nitrogens with zero attached hydrogens (tertiary/aromatic N) is 2. The van der Waals surface area contributed by atoms with Gasteiger partial charge in [0.2, 0.25) is 11.8 Å². The molecule has 2 amide bonds. The Hall–Kier alpha value is -2.94. The molecule has 1 aromatic heterocycles. The Labute approximate surface area is 173 Å². The number of amides is 2. The summed E-state index contributed by atoms with van der Waals surface area (Å²) in [5.74, 6) is -0.210. The second-order valence-corrected chi connectivity index (χ2v) is 7.38. The summed E-state index contributed by atoms with van der Waals surface area (Å²) in [5, 5.41) is 12.4. The maximum Gasteiger partial charge on any atom is 0.388 e. The third-order valence-electron chi connectivity index (χ3n) is 4.98. The fourth-order valence-electron chi connectivity index (χ4n) is 3.42. The second kappa shape index (κ2) is 9.25. The summed E-state index contributed by atoms with van der Waals surface area (Å²) < 4.78 is 35.0. The van der Waals surface area contributed by atoms with Crippen molar-refractivity contribution in [3.05, 3.63) is 42.0 Å². The average molecular weight is 421 g/mol. The number of anilines is 2. The van der Waals surface area contributed by atoms with Crippen molar-refractivity contribution in [2.75, 3.05) is 17.3 Å². The molecule has 1 heterocycles. The highest BCUT2D eigenvalue weighted by Gasteiger charge is 2.37. The van der Waals surface area contributed by atoms with Gasteiger partial charge in [0.15, 0.2) is 0 Å². The first kappa shape index (κ1) is 21.8. The standard InChI is InChI=1S/C21H25F2N3O4/c1-12(2)15-6-4-5-7-17(15)26(13-10-14(27)11-13)21(28)24-16-8-9-18(29-3)25-19(16)30-20(22)23/h4-9,12-14,20,27H,10-11H2,1-3H3,(H,24,28). The minimum atomic E-state index is -3.11. The van der Waals surface area contributed by atoms with Crippen molar-refractivity contribution in [2.45, 2.75) is 51.4 Å². The Bertz CT molecular complexity index is 888. The number of ether oxygens (including phenoxy) is 2. The van der Waals surface area contributed by atoms with Gasteiger partial charge < -0.3 is 19.9 Å². The smallest absolute Gasteiger partial charge is 0.388 e. The fourth-order valence-corrected chi connectivity index (χ4v) is 3.42. The van der Waals surface area contributed by atoms with Crippen molar-refractivity contribution in [1.82, 2.24) is 4.98 Å². The minimum absolute atomic E-state index is 0.00648. The van der Waals surface area contributed by atoms with Gasteiger partial charge >= 0.3 is 12.6 Å². The first-order valence-electron chi connectivity index (χ1n) is 9.67. The van der Waals surface area contributed by atoms with E-state index in [0.29, 0.717) is 18.5 Å². The van der Waals surface area contributed by atoms with Gasteiger partial charge in [-0.05, 0) is 36.5 Å². The van der Waals surface area contributed by atoms with Crippen LogP contribution in [0.4, 0.5) is 25.0 Å². The number of rotatable bonds is 7. The summed E-state index contributed by atoms with van der Waals surface area (Å²) in [4.78, 5) is 18.7. The molecular weight excluding hydrogens is 396 g/mol. The highest BCUT2D eigenvalue weighted by Crippen LogP contribution is 2.36. The molecule has 7 nitrogen and oxygen atoms in total. The second-order valence-electron chi connectivity index (χ2n) is 7.38. The first-order chi connectivity index (χ1) is 14.3. The predicted molar refractivity (Wildman–Crippen MR) is 108 cm³/mol. The van der Waals surface area contributed by atoms with Crippen LogP contribution in [0.15, 0.2) is 36.4 Å². The molecule has 162 valence electrons. The molecule has 9 heteroatoms. The first-order valence-corrected chi connectivity index (χ1v) is 9.67. The summed E-state index contributed by atoms with van der Waals surface area (Å²) in [6.45, 7) is 0.929. The maximum atomic E-state index is 13.3. The molecule has 1 fully saturated rings. The molecule has 1 aromatic carbocycles. The van der Waals surface area contributed by atoms with Gasteiger partial charge in [-0.2, -0.15) is 13.8 Å². The summed E-state index contributed by atoms with van der Waals surface area (Å²) in [6.07, 6.45) is 0.388. The zero-order valence-corrected chi connectivity index (χ0v) is 17.0. The monoisotopic (exact) mass is 421 g/mol. The van der Waals surface area contributed by atoms with Crippen LogP contribution in [-0.4, -0.2) is 42.0 Å². The number of carbonyl (C=O) groups is 1. The number of aliphatic hydroxyl groups excluding tert-OH is 1. The number of aromatic nitrogens is 1. The van der Waals surface area contributed by atoms with Gasteiger partial charge in [-0.25, -0.2) is 4.79 Å². The van der Waals surface area contributed by atoms with E-state index in [9.17, 15) is 18.7 Å². The number of urea groups is 1. The molecular formula is C21H25F2N3O4. The SMILES string of the molecule is COc1ccc(NC(=O)N(c2ccccc2C(C)C)C2CC(O)C2)c(OC(F)F)n1. The molecule has 0 saturated heterocycles. The van der Waals surface area contributed by atoms with Crippen LogP contribution in [0.3, 0.4) is 0 Å². The number of aliphatic hydroxyl groups is 1. The molecule has 0 aliphatic heterocycles. The van der Waals surface area contributed by atoms with Crippen molar-refractivity contribution >= 4 is 17.4 Å². The average Bonchev–Trinajstić information content (AvgIpc) is 2.68. The van der Waals surface area contributed by atoms with E-state index in [-0.39, 0.29) is 23.5 Å². The van der Waals surface area contributed by atoms with Crippen LogP contribution in [0.2, 0.25) is 0 Å². The van der Waals surface area contributed by atoms with E-state index in [1.807, 2.05) is 38.1 Å². The number of nitrogens with one attached hydrogen (secondary N) is 1. The Morgan fingerprint density at radius 3 is 2.53 bits per heavy atom. The zero-order chi connectivity index (χ0) is 21.8. The molecule has 2 aromatic rings. The van der Waals surface area contributed by atoms with E-state index in [4.69, 9.17) is 4.74 Å². The number of pyridine rings is 1. The number of carbonyl (C=O) groups excluding carboxylic acids is 1. The minimum Gasteiger partial charge on any atom is -0.481 e. The molecule has 2 N–H and O–H groups in total. The number of methoxy groups -OCH3 is 1. The van der Waals surface area contributed by atoms with Crippen LogP contribution in [0, 0.1) is 0 Å². The molecule has 0 spiro atoms. The topological polar surface area (TPSA) is 83.9 Å². The number of para-hydroxylation sites is 1. The van der Waals surface area contributed by atoms with E-state index < -0.39 is 24.6 Å². The summed E-state index contributed by atoms with van der Waals surface area (Å²) in [6, 6.07) is 9.59. The van der Waals surface area contributed by atoms with Crippen molar-refractivity contribution in [1.29, 1.82) is 0 Å². The van der Waals surface area contributed by atoms with Gasteiger partial charge in [-0.15, -0.1) is 0 Å². The van der Waals surface area contributed by atoms with Crippen LogP contribution in [0.25, 0.3) is 0 Å². The number of hydrogen-bond donors (Lipinski definition) is 2. The highest BCUT2D eigenvalue weighted by molar-refractivity contribution is 6.03. The van der Waals surface area contributed by atoms with Crippen LogP contribution in [0.5, 0.6) is 11.8 Å². The molecule has 1 saturated carbocycles. The zero-order valence-electron chi connectivity index (χ0n) is 17.0. The van der Waals surface area contributed by atoms with Gasteiger partial charge in [0, 0.05) is 17.8 Å². The Morgan fingerprint density at radius 1 is 1.23 bits per heavy atom. The Morgan fingerprint density at radius 2 is 1.93 bits per heavy atom. The summed E-state index contributed by atoms with van der Waals surface area (Å²) in [7, 11) is 1.35. The molecule has 1 aliphatic carbocycles. The lowest BCUT2D eigenvalue weighted by atomic mass is 9.87. The Kier molecular flexibility index (Phi) is 6.71. The highest BCUT2D eigenvalue weighted by atomic mass is 19.3. The number of hydrogen-bond acceptors (Lipinski definition) is 5. The van der Waals surface area contributed by atoms with E-state index in [0.717, 1.165) is 5.56 Å². The van der Waals surface area contributed by atoms with Gasteiger partial charge in [0.1, 0.15) is 5.69 Å². The number of benzene rings is 1. The number of alkyl halides is 2. The Balaban J connectivity index is 1.94. The predicted octanol–water partition coefficient (Wildman–Crippen LogP) is 4.38. The van der Waals surface area contributed by atoms with Crippen molar-refractivity contribution < 1.29 is 28.2 Å². The van der Waals surface area contributed by atoms with Crippen molar-refractivity contribution in [2.24, 2.45) is 0 Å². The van der Waals surface area contributed by atoms with Crippen LogP contribution < -0.4 is 19.7 Å². The lowest BCUT2D eigenvalue weighted by Crippen LogP contribution is -2.52. The van der Waals surface area contributed by atoms with Gasteiger partial charge in [-0.1, -0.05) is 32.0 Å². The van der Waals surface area contributed by atoms with E-state index in [1.54, 1.807) is 4.90 Å². The quantitative estimate of drug-likeness (QED) is 0.693. The largest absolute Gasteiger partial charge is 0.481 e. The maximum absolute atomic E-state index is 13.3.